The molecule has 31 heavy (non-hydrogen) atoms. The molecule has 0 atom stereocenters. The fourth-order valence-corrected chi connectivity index (χ4v) is 5.09. The second-order valence-electron chi connectivity index (χ2n) is 7.13. The zero-order valence-corrected chi connectivity index (χ0v) is 20.5. The molecule has 4 rings (SSSR count). The number of hydrogen-bond acceptors (Lipinski definition) is 6. The molecule has 0 unspecified atom stereocenters. The molecule has 2 heterocycles. The van der Waals surface area contributed by atoms with Crippen molar-refractivity contribution in [2.45, 2.75) is 11.3 Å². The van der Waals surface area contributed by atoms with Crippen molar-refractivity contribution in [3.63, 3.8) is 0 Å². The molecule has 1 aromatic heterocycles. The van der Waals surface area contributed by atoms with Gasteiger partial charge in [-0.3, -0.25) is 14.6 Å². The number of rotatable bonds is 7. The van der Waals surface area contributed by atoms with E-state index in [2.05, 4.69) is 23.3 Å². The Labute approximate surface area is 202 Å². The number of morpholine rings is 1. The first-order valence-corrected chi connectivity index (χ1v) is 12.3. The Balaban J connectivity index is 0.00000272. The van der Waals surface area contributed by atoms with Crippen molar-refractivity contribution in [2.24, 2.45) is 0 Å². The monoisotopic (exact) mass is 497 g/mol. The molecule has 1 aliphatic rings. The number of benzene rings is 2. The average molecular weight is 499 g/mol. The SMILES string of the molecule is CSc1ccc2nc(N(CCN3CCOCC3)C(=O)Cc3ccc(Cl)cc3)sc2c1.Cl. The fourth-order valence-electron chi connectivity index (χ4n) is 3.40. The summed E-state index contributed by atoms with van der Waals surface area (Å²) in [7, 11) is 0. The lowest BCUT2D eigenvalue weighted by Crippen LogP contribution is -2.43. The van der Waals surface area contributed by atoms with Crippen molar-refractivity contribution in [3.05, 3.63) is 53.1 Å². The van der Waals surface area contributed by atoms with Crippen LogP contribution in [0.5, 0.6) is 0 Å². The Morgan fingerprint density at radius 2 is 1.97 bits per heavy atom. The highest BCUT2D eigenvalue weighted by molar-refractivity contribution is 7.98. The van der Waals surface area contributed by atoms with Crippen molar-refractivity contribution < 1.29 is 9.53 Å². The van der Waals surface area contributed by atoms with E-state index in [-0.39, 0.29) is 18.3 Å². The third kappa shape index (κ3) is 6.34. The molecule has 0 bridgehead atoms. The van der Waals surface area contributed by atoms with Crippen LogP contribution in [0.15, 0.2) is 47.4 Å². The Bertz CT molecular complexity index is 1010. The van der Waals surface area contributed by atoms with Gasteiger partial charge < -0.3 is 4.74 Å². The molecule has 0 saturated carbocycles. The summed E-state index contributed by atoms with van der Waals surface area (Å²) in [6.07, 6.45) is 2.39. The van der Waals surface area contributed by atoms with Gasteiger partial charge in [0.15, 0.2) is 5.13 Å². The van der Waals surface area contributed by atoms with Crippen molar-refractivity contribution in [3.8, 4) is 0 Å². The fraction of sp³-hybridized carbons (Fsp3) is 0.364. The van der Waals surface area contributed by atoms with Gasteiger partial charge in [-0.05, 0) is 42.2 Å². The van der Waals surface area contributed by atoms with Crippen LogP contribution in [-0.4, -0.2) is 61.4 Å². The first kappa shape index (κ1) is 24.3. The third-order valence-corrected chi connectivity index (χ3v) is 7.15. The number of thioether (sulfide) groups is 1. The van der Waals surface area contributed by atoms with Gasteiger partial charge in [-0.1, -0.05) is 35.1 Å². The lowest BCUT2D eigenvalue weighted by Gasteiger charge is -2.29. The van der Waals surface area contributed by atoms with E-state index in [9.17, 15) is 4.79 Å². The second kappa shape index (κ2) is 11.5. The summed E-state index contributed by atoms with van der Waals surface area (Å²) in [6.45, 7) is 4.71. The average Bonchev–Trinajstić information content (AvgIpc) is 3.19. The van der Waals surface area contributed by atoms with Gasteiger partial charge >= 0.3 is 0 Å². The Morgan fingerprint density at radius 1 is 1.23 bits per heavy atom. The minimum atomic E-state index is 0. The van der Waals surface area contributed by atoms with Crippen molar-refractivity contribution in [2.75, 3.05) is 50.5 Å². The van der Waals surface area contributed by atoms with Gasteiger partial charge in [0.05, 0.1) is 29.9 Å². The van der Waals surface area contributed by atoms with Crippen LogP contribution in [-0.2, 0) is 16.0 Å². The summed E-state index contributed by atoms with van der Waals surface area (Å²) < 4.78 is 6.55. The van der Waals surface area contributed by atoms with E-state index in [1.54, 1.807) is 23.1 Å². The van der Waals surface area contributed by atoms with Gasteiger partial charge in [0, 0.05) is 36.1 Å². The Morgan fingerprint density at radius 3 is 2.68 bits per heavy atom. The zero-order chi connectivity index (χ0) is 20.9. The van der Waals surface area contributed by atoms with Gasteiger partial charge in [-0.15, -0.1) is 24.2 Å². The van der Waals surface area contributed by atoms with E-state index < -0.39 is 0 Å². The second-order valence-corrected chi connectivity index (χ2v) is 9.46. The number of hydrogen-bond donors (Lipinski definition) is 0. The molecule has 0 spiro atoms. The summed E-state index contributed by atoms with van der Waals surface area (Å²) in [5.41, 5.74) is 1.88. The number of thiazole rings is 1. The van der Waals surface area contributed by atoms with Crippen LogP contribution in [0.1, 0.15) is 5.56 Å². The van der Waals surface area contributed by atoms with Crippen molar-refractivity contribution in [1.82, 2.24) is 9.88 Å². The summed E-state index contributed by atoms with van der Waals surface area (Å²) in [6, 6.07) is 13.7. The van der Waals surface area contributed by atoms with Crippen LogP contribution in [0.2, 0.25) is 5.02 Å². The van der Waals surface area contributed by atoms with Crippen LogP contribution < -0.4 is 4.90 Å². The van der Waals surface area contributed by atoms with Gasteiger partial charge in [-0.2, -0.15) is 0 Å². The Kier molecular flexibility index (Phi) is 9.01. The van der Waals surface area contributed by atoms with Crippen LogP contribution in [0.4, 0.5) is 5.13 Å². The smallest absolute Gasteiger partial charge is 0.233 e. The Hall–Kier alpha value is -1.35. The molecule has 1 amide bonds. The highest BCUT2D eigenvalue weighted by Crippen LogP contribution is 2.32. The number of nitrogens with zero attached hydrogens (tertiary/aromatic N) is 3. The van der Waals surface area contributed by atoms with Gasteiger partial charge in [-0.25, -0.2) is 4.98 Å². The molecule has 5 nitrogen and oxygen atoms in total. The maximum absolute atomic E-state index is 13.3. The van der Waals surface area contributed by atoms with E-state index in [0.29, 0.717) is 18.0 Å². The highest BCUT2D eigenvalue weighted by atomic mass is 35.5. The first-order chi connectivity index (χ1) is 14.6. The van der Waals surface area contributed by atoms with Gasteiger partial charge in [0.25, 0.3) is 0 Å². The molecular formula is C22H25Cl2N3O2S2. The molecule has 0 N–H and O–H groups in total. The first-order valence-electron chi connectivity index (χ1n) is 9.92. The topological polar surface area (TPSA) is 45.7 Å². The lowest BCUT2D eigenvalue weighted by molar-refractivity contribution is -0.118. The minimum absolute atomic E-state index is 0. The molecule has 1 fully saturated rings. The number of halogens is 2. The number of carbonyl (C=O) groups is 1. The van der Waals surface area contributed by atoms with E-state index in [1.165, 1.54) is 4.90 Å². The van der Waals surface area contributed by atoms with E-state index in [1.807, 2.05) is 35.2 Å². The van der Waals surface area contributed by atoms with E-state index in [4.69, 9.17) is 21.3 Å². The van der Waals surface area contributed by atoms with Gasteiger partial charge in [0.1, 0.15) is 0 Å². The van der Waals surface area contributed by atoms with Gasteiger partial charge in [0.2, 0.25) is 5.91 Å². The molecule has 2 aromatic carbocycles. The number of anilines is 1. The molecule has 3 aromatic rings. The van der Waals surface area contributed by atoms with E-state index in [0.717, 1.165) is 53.8 Å². The molecule has 9 heteroatoms. The summed E-state index contributed by atoms with van der Waals surface area (Å²) in [4.78, 5) is 23.4. The predicted molar refractivity (Wildman–Crippen MR) is 133 cm³/mol. The summed E-state index contributed by atoms with van der Waals surface area (Å²) >= 11 is 9.28. The molecule has 0 aliphatic carbocycles. The van der Waals surface area contributed by atoms with Crippen LogP contribution in [0, 0.1) is 0 Å². The minimum Gasteiger partial charge on any atom is -0.379 e. The number of ether oxygens (including phenoxy) is 1. The zero-order valence-electron chi connectivity index (χ0n) is 17.3. The lowest BCUT2D eigenvalue weighted by atomic mass is 10.1. The van der Waals surface area contributed by atoms with E-state index >= 15 is 0 Å². The number of aromatic nitrogens is 1. The molecule has 1 saturated heterocycles. The van der Waals surface area contributed by atoms with Crippen molar-refractivity contribution in [1.29, 1.82) is 0 Å². The maximum atomic E-state index is 13.3. The largest absolute Gasteiger partial charge is 0.379 e. The van der Waals surface area contributed by atoms with Crippen molar-refractivity contribution >= 4 is 68.4 Å². The molecule has 166 valence electrons. The van der Waals surface area contributed by atoms with Crippen LogP contribution >= 0.6 is 47.1 Å². The molecule has 0 radical (unpaired) electrons. The third-order valence-electron chi connectivity index (χ3n) is 5.13. The summed E-state index contributed by atoms with van der Waals surface area (Å²) in [5, 5.41) is 1.43. The molecular weight excluding hydrogens is 473 g/mol. The quantitative estimate of drug-likeness (QED) is 0.429. The number of amides is 1. The molecule has 1 aliphatic heterocycles. The standard InChI is InChI=1S/C22H24ClN3O2S2.ClH/c1-29-18-6-7-19-20(15-18)30-22(24-19)26(9-8-25-10-12-28-13-11-25)21(27)14-16-2-4-17(23)5-3-16;/h2-7,15H,8-14H2,1H3;1H. The number of carbonyl (C=O) groups excluding carboxylic acids is 1. The highest BCUT2D eigenvalue weighted by Gasteiger charge is 2.22. The van der Waals surface area contributed by atoms with Crippen LogP contribution in [0.3, 0.4) is 0 Å². The maximum Gasteiger partial charge on any atom is 0.233 e. The number of fused-ring (bicyclic) bond motifs is 1. The van der Waals surface area contributed by atoms with Crippen LogP contribution in [0.25, 0.3) is 10.2 Å². The normalized spacial score (nSPS) is 14.4. The summed E-state index contributed by atoms with van der Waals surface area (Å²) in [5.74, 6) is 0.0507. The predicted octanol–water partition coefficient (Wildman–Crippen LogP) is 5.00.